The van der Waals surface area contributed by atoms with E-state index in [2.05, 4.69) is 15.6 Å². The van der Waals surface area contributed by atoms with Crippen LogP contribution in [0.5, 0.6) is 0 Å². The zero-order chi connectivity index (χ0) is 20.7. The summed E-state index contributed by atoms with van der Waals surface area (Å²) in [6.45, 7) is 0.909. The number of guanidine groups is 1. The van der Waals surface area contributed by atoms with E-state index in [9.17, 15) is 13.2 Å². The van der Waals surface area contributed by atoms with Gasteiger partial charge in [-0.2, -0.15) is 0 Å². The highest BCUT2D eigenvalue weighted by Crippen LogP contribution is 2.10. The molecule has 0 saturated heterocycles. The lowest BCUT2D eigenvalue weighted by molar-refractivity contribution is 0.0827. The summed E-state index contributed by atoms with van der Waals surface area (Å²) >= 11 is 0. The van der Waals surface area contributed by atoms with E-state index in [-0.39, 0.29) is 34.8 Å². The van der Waals surface area contributed by atoms with Gasteiger partial charge in [-0.1, -0.05) is 24.3 Å². The van der Waals surface area contributed by atoms with Crippen molar-refractivity contribution >= 4 is 45.9 Å². The van der Waals surface area contributed by atoms with Gasteiger partial charge >= 0.3 is 0 Å². The fraction of sp³-hybridized carbons (Fsp3) is 0.263. The van der Waals surface area contributed by atoms with Crippen LogP contribution in [0.4, 0.5) is 0 Å². The predicted molar refractivity (Wildman–Crippen MR) is 125 cm³/mol. The molecule has 10 heteroatoms. The molecule has 29 heavy (non-hydrogen) atoms. The summed E-state index contributed by atoms with van der Waals surface area (Å²) in [5.74, 6) is 0.521. The minimum atomic E-state index is -3.73. The number of rotatable bonds is 6. The van der Waals surface area contributed by atoms with E-state index < -0.39 is 10.0 Å². The van der Waals surface area contributed by atoms with Gasteiger partial charge in [0, 0.05) is 39.8 Å². The third-order valence-corrected chi connectivity index (χ3v) is 4.89. The van der Waals surface area contributed by atoms with Crippen LogP contribution in [0.3, 0.4) is 0 Å². The summed E-state index contributed by atoms with van der Waals surface area (Å²) in [6, 6.07) is 13.8. The second kappa shape index (κ2) is 11.1. The van der Waals surface area contributed by atoms with E-state index >= 15 is 0 Å². The number of benzene rings is 2. The van der Waals surface area contributed by atoms with Crippen molar-refractivity contribution in [3.05, 3.63) is 65.2 Å². The Balaban J connectivity index is 0.00000420. The number of nitrogens with one attached hydrogen (secondary N) is 2. The molecule has 2 aromatic carbocycles. The Labute approximate surface area is 188 Å². The highest BCUT2D eigenvalue weighted by molar-refractivity contribution is 14.0. The number of nitrogens with zero attached hydrogens (tertiary/aromatic N) is 2. The molecule has 0 fully saturated rings. The quantitative estimate of drug-likeness (QED) is 0.297. The normalized spacial score (nSPS) is 11.4. The average molecular weight is 531 g/mol. The Morgan fingerprint density at radius 2 is 1.62 bits per heavy atom. The number of nitrogens with two attached hydrogens (primary N) is 1. The largest absolute Gasteiger partial charge is 0.352 e. The fourth-order valence-corrected chi connectivity index (χ4v) is 3.03. The summed E-state index contributed by atoms with van der Waals surface area (Å²) in [5.41, 5.74) is 2.39. The number of sulfonamides is 1. The third-order valence-electron chi connectivity index (χ3n) is 3.98. The first-order valence-electron chi connectivity index (χ1n) is 8.57. The Kier molecular flexibility index (Phi) is 9.53. The Hall–Kier alpha value is -2.18. The summed E-state index contributed by atoms with van der Waals surface area (Å²) in [4.78, 5) is 17.7. The molecule has 0 unspecified atom stereocenters. The summed E-state index contributed by atoms with van der Waals surface area (Å²) in [7, 11) is 1.35. The van der Waals surface area contributed by atoms with Crippen LogP contribution in [0.15, 0.2) is 58.4 Å². The molecule has 2 rings (SSSR count). The number of carbonyl (C=O) groups is 1. The van der Waals surface area contributed by atoms with Gasteiger partial charge in [0.1, 0.15) is 0 Å². The van der Waals surface area contributed by atoms with Gasteiger partial charge in [0.2, 0.25) is 10.0 Å². The molecule has 8 nitrogen and oxygen atoms in total. The maximum absolute atomic E-state index is 11.9. The molecule has 2 aromatic rings. The van der Waals surface area contributed by atoms with Crippen molar-refractivity contribution in [1.29, 1.82) is 0 Å². The summed E-state index contributed by atoms with van der Waals surface area (Å²) in [5, 5.41) is 11.5. The number of aliphatic imine (C=N–C) groups is 1. The van der Waals surface area contributed by atoms with Crippen LogP contribution in [0, 0.1) is 0 Å². The van der Waals surface area contributed by atoms with Crippen LogP contribution in [-0.4, -0.2) is 46.3 Å². The number of amides is 1. The Morgan fingerprint density at radius 3 is 2.14 bits per heavy atom. The van der Waals surface area contributed by atoms with Crippen molar-refractivity contribution in [2.24, 2.45) is 10.1 Å². The van der Waals surface area contributed by atoms with E-state index in [0.717, 1.165) is 11.1 Å². The van der Waals surface area contributed by atoms with Gasteiger partial charge in [-0.25, -0.2) is 13.6 Å². The number of hydrogen-bond donors (Lipinski definition) is 3. The van der Waals surface area contributed by atoms with Gasteiger partial charge in [-0.05, 0) is 35.4 Å². The molecule has 158 valence electrons. The van der Waals surface area contributed by atoms with E-state index in [0.29, 0.717) is 24.6 Å². The first-order valence-corrected chi connectivity index (χ1v) is 10.1. The first kappa shape index (κ1) is 24.9. The van der Waals surface area contributed by atoms with E-state index in [4.69, 9.17) is 5.14 Å². The molecule has 0 bridgehead atoms. The van der Waals surface area contributed by atoms with Gasteiger partial charge in [0.05, 0.1) is 4.90 Å². The monoisotopic (exact) mass is 531 g/mol. The van der Waals surface area contributed by atoms with Crippen LogP contribution < -0.4 is 15.8 Å². The van der Waals surface area contributed by atoms with Crippen molar-refractivity contribution in [3.8, 4) is 0 Å². The van der Waals surface area contributed by atoms with Gasteiger partial charge in [0.25, 0.3) is 5.91 Å². The molecule has 1 amide bonds. The highest BCUT2D eigenvalue weighted by Gasteiger charge is 2.09. The molecular weight excluding hydrogens is 505 g/mol. The van der Waals surface area contributed by atoms with Gasteiger partial charge < -0.3 is 15.5 Å². The minimum absolute atomic E-state index is 0. The second-order valence-corrected chi connectivity index (χ2v) is 7.93. The SMILES string of the molecule is CN=C(NCc1ccc(C(=O)N(C)C)cc1)NCc1cccc(S(N)(=O)=O)c1.I. The number of carbonyl (C=O) groups excluding carboxylic acids is 1. The molecule has 0 atom stereocenters. The molecule has 4 N–H and O–H groups in total. The van der Waals surface area contributed by atoms with E-state index in [1.165, 1.54) is 17.0 Å². The van der Waals surface area contributed by atoms with E-state index in [1.54, 1.807) is 45.4 Å². The minimum Gasteiger partial charge on any atom is -0.352 e. The van der Waals surface area contributed by atoms with Crippen LogP contribution >= 0.6 is 24.0 Å². The van der Waals surface area contributed by atoms with Crippen molar-refractivity contribution in [2.75, 3.05) is 21.1 Å². The molecular formula is C19H26IN5O3S. The van der Waals surface area contributed by atoms with Crippen LogP contribution in [0.2, 0.25) is 0 Å². The number of halogens is 1. The van der Waals surface area contributed by atoms with Crippen LogP contribution in [0.1, 0.15) is 21.5 Å². The molecule has 0 spiro atoms. The molecule has 0 radical (unpaired) electrons. The molecule has 0 heterocycles. The highest BCUT2D eigenvalue weighted by atomic mass is 127. The Bertz CT molecular complexity index is 960. The summed E-state index contributed by atoms with van der Waals surface area (Å²) in [6.07, 6.45) is 0. The number of primary sulfonamides is 1. The zero-order valence-electron chi connectivity index (χ0n) is 16.5. The predicted octanol–water partition coefficient (Wildman–Crippen LogP) is 1.52. The van der Waals surface area contributed by atoms with Crippen molar-refractivity contribution in [1.82, 2.24) is 15.5 Å². The summed E-state index contributed by atoms with van der Waals surface area (Å²) < 4.78 is 22.9. The molecule has 0 aliphatic carbocycles. The smallest absolute Gasteiger partial charge is 0.253 e. The maximum Gasteiger partial charge on any atom is 0.253 e. The number of hydrogen-bond acceptors (Lipinski definition) is 4. The lowest BCUT2D eigenvalue weighted by Gasteiger charge is -2.13. The van der Waals surface area contributed by atoms with Gasteiger partial charge in [0.15, 0.2) is 5.96 Å². The maximum atomic E-state index is 11.9. The van der Waals surface area contributed by atoms with Crippen molar-refractivity contribution in [3.63, 3.8) is 0 Å². The van der Waals surface area contributed by atoms with Gasteiger partial charge in [-0.15, -0.1) is 24.0 Å². The molecule has 0 saturated carbocycles. The van der Waals surface area contributed by atoms with Crippen molar-refractivity contribution in [2.45, 2.75) is 18.0 Å². The standard InChI is InChI=1S/C19H25N5O3S.HI/c1-21-19(23-13-15-5-4-6-17(11-15)28(20,26)27)22-12-14-7-9-16(10-8-14)18(25)24(2)3;/h4-11H,12-13H2,1-3H3,(H2,20,26,27)(H2,21,22,23);1H. The first-order chi connectivity index (χ1) is 13.2. The lowest BCUT2D eigenvalue weighted by Crippen LogP contribution is -2.36. The van der Waals surface area contributed by atoms with E-state index in [1.807, 2.05) is 12.1 Å². The fourth-order valence-electron chi connectivity index (χ4n) is 2.45. The molecule has 0 aromatic heterocycles. The molecule has 0 aliphatic heterocycles. The second-order valence-electron chi connectivity index (χ2n) is 6.37. The molecule has 0 aliphatic rings. The lowest BCUT2D eigenvalue weighted by atomic mass is 10.1. The van der Waals surface area contributed by atoms with Crippen LogP contribution in [0.25, 0.3) is 0 Å². The third kappa shape index (κ3) is 7.63. The van der Waals surface area contributed by atoms with Crippen LogP contribution in [-0.2, 0) is 23.1 Å². The average Bonchev–Trinajstić information content (AvgIpc) is 2.67. The van der Waals surface area contributed by atoms with Crippen molar-refractivity contribution < 1.29 is 13.2 Å². The van der Waals surface area contributed by atoms with Gasteiger partial charge in [-0.3, -0.25) is 9.79 Å². The topological polar surface area (TPSA) is 117 Å². The Morgan fingerprint density at radius 1 is 1.03 bits per heavy atom. The zero-order valence-corrected chi connectivity index (χ0v) is 19.7.